The average Bonchev–Trinajstić information content (AvgIpc) is 2.90. The van der Waals surface area contributed by atoms with Crippen molar-refractivity contribution in [2.24, 2.45) is 5.92 Å². The standard InChI is InChI=1S/C15H17FN2O2S/c16-11-1-3-12(4-2-11)18-6-5-13(15(18)20)14(19)17-7-9-21-10-8-17/h1-4,13H,5-10H2/t13-/m0/s1. The molecule has 21 heavy (non-hydrogen) atoms. The summed E-state index contributed by atoms with van der Waals surface area (Å²) in [5.74, 6) is 0.764. The highest BCUT2D eigenvalue weighted by Crippen LogP contribution is 2.27. The smallest absolute Gasteiger partial charge is 0.239 e. The second-order valence-electron chi connectivity index (χ2n) is 5.25. The van der Waals surface area contributed by atoms with Gasteiger partial charge in [-0.05, 0) is 30.7 Å². The minimum atomic E-state index is -0.571. The molecule has 1 aromatic rings. The Morgan fingerprint density at radius 2 is 1.81 bits per heavy atom. The van der Waals surface area contributed by atoms with Crippen molar-refractivity contribution in [3.8, 4) is 0 Å². The third-order valence-electron chi connectivity index (χ3n) is 3.96. The van der Waals surface area contributed by atoms with Crippen molar-refractivity contribution in [2.75, 3.05) is 36.0 Å². The molecule has 1 atom stereocenters. The van der Waals surface area contributed by atoms with Crippen LogP contribution in [-0.2, 0) is 9.59 Å². The van der Waals surface area contributed by atoms with E-state index in [2.05, 4.69) is 0 Å². The molecule has 0 aromatic heterocycles. The number of nitrogens with zero attached hydrogens (tertiary/aromatic N) is 2. The summed E-state index contributed by atoms with van der Waals surface area (Å²) < 4.78 is 13.0. The van der Waals surface area contributed by atoms with Crippen LogP contribution in [0.15, 0.2) is 24.3 Å². The first-order chi connectivity index (χ1) is 10.2. The van der Waals surface area contributed by atoms with Crippen LogP contribution in [0.25, 0.3) is 0 Å². The molecule has 0 radical (unpaired) electrons. The molecule has 2 aliphatic heterocycles. The number of carbonyl (C=O) groups is 2. The summed E-state index contributed by atoms with van der Waals surface area (Å²) in [5, 5.41) is 0. The van der Waals surface area contributed by atoms with Crippen LogP contribution < -0.4 is 4.90 Å². The van der Waals surface area contributed by atoms with E-state index in [-0.39, 0.29) is 17.6 Å². The molecule has 0 saturated carbocycles. The highest BCUT2D eigenvalue weighted by Gasteiger charge is 2.39. The average molecular weight is 308 g/mol. The lowest BCUT2D eigenvalue weighted by Gasteiger charge is -2.28. The highest BCUT2D eigenvalue weighted by atomic mass is 32.2. The van der Waals surface area contributed by atoms with Crippen molar-refractivity contribution in [3.05, 3.63) is 30.1 Å². The number of hydrogen-bond donors (Lipinski definition) is 0. The van der Waals surface area contributed by atoms with Crippen LogP contribution in [-0.4, -0.2) is 47.9 Å². The predicted molar refractivity (Wildman–Crippen MR) is 80.8 cm³/mol. The van der Waals surface area contributed by atoms with Gasteiger partial charge >= 0.3 is 0 Å². The lowest BCUT2D eigenvalue weighted by atomic mass is 10.1. The molecule has 2 heterocycles. The molecule has 2 fully saturated rings. The lowest BCUT2D eigenvalue weighted by Crippen LogP contribution is -2.44. The fourth-order valence-electron chi connectivity index (χ4n) is 2.79. The molecule has 3 rings (SSSR count). The first-order valence-corrected chi connectivity index (χ1v) is 8.26. The Kier molecular flexibility index (Phi) is 4.14. The van der Waals surface area contributed by atoms with E-state index in [1.54, 1.807) is 21.9 Å². The molecule has 6 heteroatoms. The van der Waals surface area contributed by atoms with Crippen molar-refractivity contribution >= 4 is 29.3 Å². The SMILES string of the molecule is O=C([C@@H]1CCN(c2ccc(F)cc2)C1=O)N1CCSCC1. The predicted octanol–water partition coefficient (Wildman–Crippen LogP) is 1.75. The maximum absolute atomic E-state index is 13.0. The van der Waals surface area contributed by atoms with Crippen LogP contribution in [0, 0.1) is 11.7 Å². The quantitative estimate of drug-likeness (QED) is 0.782. The fraction of sp³-hybridized carbons (Fsp3) is 0.467. The summed E-state index contributed by atoms with van der Waals surface area (Å²) in [4.78, 5) is 28.3. The Hall–Kier alpha value is -1.56. The maximum atomic E-state index is 13.0. The molecule has 2 saturated heterocycles. The van der Waals surface area contributed by atoms with E-state index in [4.69, 9.17) is 0 Å². The van der Waals surface area contributed by atoms with Gasteiger partial charge in [0.25, 0.3) is 0 Å². The molecular formula is C15H17FN2O2S. The van der Waals surface area contributed by atoms with Crippen LogP contribution in [0.1, 0.15) is 6.42 Å². The van der Waals surface area contributed by atoms with E-state index in [1.165, 1.54) is 12.1 Å². The van der Waals surface area contributed by atoms with Gasteiger partial charge in [0, 0.05) is 36.8 Å². The molecule has 112 valence electrons. The fourth-order valence-corrected chi connectivity index (χ4v) is 3.69. The van der Waals surface area contributed by atoms with Gasteiger partial charge in [0.15, 0.2) is 0 Å². The normalized spacial score (nSPS) is 22.7. The van der Waals surface area contributed by atoms with Gasteiger partial charge in [-0.25, -0.2) is 4.39 Å². The van der Waals surface area contributed by atoms with Gasteiger partial charge in [-0.15, -0.1) is 0 Å². The Bertz CT molecular complexity index is 543. The van der Waals surface area contributed by atoms with E-state index in [0.717, 1.165) is 24.6 Å². The van der Waals surface area contributed by atoms with Crippen LogP contribution in [0.5, 0.6) is 0 Å². The highest BCUT2D eigenvalue weighted by molar-refractivity contribution is 7.99. The lowest BCUT2D eigenvalue weighted by molar-refractivity contribution is -0.139. The number of hydrogen-bond acceptors (Lipinski definition) is 3. The minimum Gasteiger partial charge on any atom is -0.340 e. The van der Waals surface area contributed by atoms with Crippen LogP contribution in [0.4, 0.5) is 10.1 Å². The van der Waals surface area contributed by atoms with Gasteiger partial charge in [0.1, 0.15) is 11.7 Å². The van der Waals surface area contributed by atoms with Gasteiger partial charge in [0.05, 0.1) is 0 Å². The summed E-state index contributed by atoms with van der Waals surface area (Å²) in [6.45, 7) is 1.97. The van der Waals surface area contributed by atoms with Gasteiger partial charge in [0.2, 0.25) is 11.8 Å². The van der Waals surface area contributed by atoms with Crippen molar-refractivity contribution < 1.29 is 14.0 Å². The van der Waals surface area contributed by atoms with Crippen molar-refractivity contribution in [3.63, 3.8) is 0 Å². The molecule has 1 aromatic carbocycles. The second-order valence-corrected chi connectivity index (χ2v) is 6.47. The summed E-state index contributed by atoms with van der Waals surface area (Å²) in [6, 6.07) is 5.83. The number of thioether (sulfide) groups is 1. The zero-order valence-electron chi connectivity index (χ0n) is 11.6. The van der Waals surface area contributed by atoms with Crippen molar-refractivity contribution in [1.29, 1.82) is 0 Å². The van der Waals surface area contributed by atoms with E-state index < -0.39 is 5.92 Å². The van der Waals surface area contributed by atoms with Crippen molar-refractivity contribution in [1.82, 2.24) is 4.90 Å². The van der Waals surface area contributed by atoms with Crippen LogP contribution in [0.2, 0.25) is 0 Å². The zero-order chi connectivity index (χ0) is 14.8. The summed E-state index contributed by atoms with van der Waals surface area (Å²) in [5.41, 5.74) is 0.658. The van der Waals surface area contributed by atoms with E-state index >= 15 is 0 Å². The van der Waals surface area contributed by atoms with E-state index in [9.17, 15) is 14.0 Å². The number of anilines is 1. The molecule has 0 spiro atoms. The van der Waals surface area contributed by atoms with E-state index in [0.29, 0.717) is 18.7 Å². The molecule has 0 unspecified atom stereocenters. The monoisotopic (exact) mass is 308 g/mol. The Labute approximate surface area is 127 Å². The topological polar surface area (TPSA) is 40.6 Å². The van der Waals surface area contributed by atoms with Crippen LogP contribution >= 0.6 is 11.8 Å². The second kappa shape index (κ2) is 6.05. The molecule has 2 aliphatic rings. The summed E-state index contributed by atoms with van der Waals surface area (Å²) in [7, 11) is 0. The molecule has 2 amide bonds. The molecule has 0 bridgehead atoms. The number of benzene rings is 1. The molecule has 0 aliphatic carbocycles. The number of carbonyl (C=O) groups excluding carboxylic acids is 2. The summed E-state index contributed by atoms with van der Waals surface area (Å²) in [6.07, 6.45) is 0.540. The van der Waals surface area contributed by atoms with Gasteiger partial charge in [-0.1, -0.05) is 0 Å². The zero-order valence-corrected chi connectivity index (χ0v) is 12.4. The Morgan fingerprint density at radius 1 is 1.14 bits per heavy atom. The summed E-state index contributed by atoms with van der Waals surface area (Å²) >= 11 is 1.83. The largest absolute Gasteiger partial charge is 0.340 e. The molecule has 4 nitrogen and oxygen atoms in total. The Balaban J connectivity index is 1.71. The van der Waals surface area contributed by atoms with Gasteiger partial charge < -0.3 is 9.80 Å². The molecular weight excluding hydrogens is 291 g/mol. The minimum absolute atomic E-state index is 0.0510. The number of rotatable bonds is 2. The number of halogens is 1. The maximum Gasteiger partial charge on any atom is 0.239 e. The first-order valence-electron chi connectivity index (χ1n) is 7.10. The van der Waals surface area contributed by atoms with Gasteiger partial charge in [-0.2, -0.15) is 11.8 Å². The first kappa shape index (κ1) is 14.4. The van der Waals surface area contributed by atoms with E-state index in [1.807, 2.05) is 11.8 Å². The Morgan fingerprint density at radius 3 is 2.48 bits per heavy atom. The number of amides is 2. The van der Waals surface area contributed by atoms with Gasteiger partial charge in [-0.3, -0.25) is 9.59 Å². The third-order valence-corrected chi connectivity index (χ3v) is 4.91. The van der Waals surface area contributed by atoms with Crippen molar-refractivity contribution in [2.45, 2.75) is 6.42 Å². The third kappa shape index (κ3) is 2.90. The van der Waals surface area contributed by atoms with Crippen LogP contribution in [0.3, 0.4) is 0 Å². The molecule has 0 N–H and O–H groups in total.